The second-order valence-corrected chi connectivity index (χ2v) is 5.46. The maximum atomic E-state index is 4.71. The third-order valence-corrected chi connectivity index (χ3v) is 4.03. The van der Waals surface area contributed by atoms with E-state index in [2.05, 4.69) is 15.6 Å². The van der Waals surface area contributed by atoms with Crippen molar-refractivity contribution < 1.29 is 0 Å². The monoisotopic (exact) mass is 246 g/mol. The second kappa shape index (κ2) is 5.65. The van der Waals surface area contributed by atoms with Gasteiger partial charge in [0.1, 0.15) is 5.82 Å². The molecular formula is C14H22N4. The van der Waals surface area contributed by atoms with E-state index in [-0.39, 0.29) is 0 Å². The van der Waals surface area contributed by atoms with Gasteiger partial charge in [0.25, 0.3) is 0 Å². The molecule has 4 heteroatoms. The fourth-order valence-electron chi connectivity index (χ4n) is 3.01. The van der Waals surface area contributed by atoms with Gasteiger partial charge in [0.2, 0.25) is 0 Å². The van der Waals surface area contributed by atoms with Gasteiger partial charge in [-0.3, -0.25) is 4.98 Å². The fourth-order valence-corrected chi connectivity index (χ4v) is 3.01. The van der Waals surface area contributed by atoms with Crippen LogP contribution in [0.4, 0.5) is 5.82 Å². The van der Waals surface area contributed by atoms with Crippen LogP contribution in [-0.4, -0.2) is 22.6 Å². The van der Waals surface area contributed by atoms with Gasteiger partial charge in [-0.05, 0) is 32.2 Å². The Morgan fingerprint density at radius 3 is 2.72 bits per heavy atom. The van der Waals surface area contributed by atoms with Gasteiger partial charge in [-0.1, -0.05) is 19.3 Å². The number of nitrogens with zero attached hydrogens (tertiary/aromatic N) is 2. The molecular weight excluding hydrogens is 224 g/mol. The molecule has 0 bridgehead atoms. The summed E-state index contributed by atoms with van der Waals surface area (Å²) in [5.74, 6) is 0.952. The van der Waals surface area contributed by atoms with E-state index in [0.29, 0.717) is 12.1 Å². The van der Waals surface area contributed by atoms with Crippen LogP contribution in [0.3, 0.4) is 0 Å². The van der Waals surface area contributed by atoms with Gasteiger partial charge >= 0.3 is 0 Å². The van der Waals surface area contributed by atoms with Crippen LogP contribution >= 0.6 is 0 Å². The molecule has 1 atom stereocenters. The van der Waals surface area contributed by atoms with E-state index in [1.165, 1.54) is 44.9 Å². The molecule has 0 aromatic carbocycles. The smallest absolute Gasteiger partial charge is 0.145 e. The van der Waals surface area contributed by atoms with Crippen molar-refractivity contribution in [2.24, 2.45) is 0 Å². The predicted octanol–water partition coefficient (Wildman–Crippen LogP) is 2.65. The van der Waals surface area contributed by atoms with E-state index in [9.17, 15) is 0 Å². The first-order valence-corrected chi connectivity index (χ1v) is 7.24. The average Bonchev–Trinajstić information content (AvgIpc) is 2.94. The second-order valence-electron chi connectivity index (χ2n) is 5.46. The maximum Gasteiger partial charge on any atom is 0.145 e. The highest BCUT2D eigenvalue weighted by Crippen LogP contribution is 2.23. The summed E-state index contributed by atoms with van der Waals surface area (Å²) in [6.07, 6.45) is 12.8. The number of anilines is 1. The van der Waals surface area contributed by atoms with Gasteiger partial charge in [0, 0.05) is 6.04 Å². The molecule has 1 saturated heterocycles. The van der Waals surface area contributed by atoms with Crippen LogP contribution in [0.2, 0.25) is 0 Å². The number of hydrogen-bond donors (Lipinski definition) is 2. The lowest BCUT2D eigenvalue weighted by atomic mass is 9.95. The third-order valence-electron chi connectivity index (χ3n) is 4.03. The molecule has 1 unspecified atom stereocenters. The average molecular weight is 246 g/mol. The molecule has 2 aliphatic rings. The standard InChI is InChI=1S/C14H22N4/c1-2-5-11(6-3-1)17-14-10-15-9-13(18-14)12-7-4-8-16-12/h9-12,16H,1-8H2,(H,17,18). The molecule has 98 valence electrons. The van der Waals surface area contributed by atoms with Crippen molar-refractivity contribution in [1.29, 1.82) is 0 Å². The summed E-state index contributed by atoms with van der Waals surface area (Å²) in [6, 6.07) is 1.01. The minimum Gasteiger partial charge on any atom is -0.366 e. The van der Waals surface area contributed by atoms with E-state index in [0.717, 1.165) is 18.1 Å². The topological polar surface area (TPSA) is 49.8 Å². The zero-order valence-corrected chi connectivity index (χ0v) is 10.9. The van der Waals surface area contributed by atoms with Crippen LogP contribution in [0.5, 0.6) is 0 Å². The van der Waals surface area contributed by atoms with Crippen LogP contribution in [0.15, 0.2) is 12.4 Å². The van der Waals surface area contributed by atoms with Crippen LogP contribution in [-0.2, 0) is 0 Å². The van der Waals surface area contributed by atoms with Gasteiger partial charge in [0.15, 0.2) is 0 Å². The van der Waals surface area contributed by atoms with E-state index >= 15 is 0 Å². The van der Waals surface area contributed by atoms with Crippen LogP contribution in [0.25, 0.3) is 0 Å². The molecule has 1 saturated carbocycles. The summed E-state index contributed by atoms with van der Waals surface area (Å²) in [5.41, 5.74) is 1.09. The van der Waals surface area contributed by atoms with Crippen molar-refractivity contribution >= 4 is 5.82 Å². The molecule has 0 radical (unpaired) electrons. The number of nitrogens with one attached hydrogen (secondary N) is 2. The van der Waals surface area contributed by atoms with Crippen molar-refractivity contribution in [3.05, 3.63) is 18.1 Å². The largest absolute Gasteiger partial charge is 0.366 e. The summed E-state index contributed by atoms with van der Waals surface area (Å²) < 4.78 is 0. The summed E-state index contributed by atoms with van der Waals surface area (Å²) in [6.45, 7) is 1.10. The van der Waals surface area contributed by atoms with Crippen molar-refractivity contribution in [3.8, 4) is 0 Å². The minimum absolute atomic E-state index is 0.408. The Balaban J connectivity index is 1.66. The lowest BCUT2D eigenvalue weighted by molar-refractivity contribution is 0.461. The molecule has 2 fully saturated rings. The van der Waals surface area contributed by atoms with E-state index < -0.39 is 0 Å². The van der Waals surface area contributed by atoms with Gasteiger partial charge < -0.3 is 10.6 Å². The maximum absolute atomic E-state index is 4.71. The molecule has 18 heavy (non-hydrogen) atoms. The Morgan fingerprint density at radius 2 is 1.94 bits per heavy atom. The van der Waals surface area contributed by atoms with E-state index in [1.807, 2.05) is 12.4 Å². The van der Waals surface area contributed by atoms with Crippen molar-refractivity contribution in [2.75, 3.05) is 11.9 Å². The first kappa shape index (κ1) is 11.9. The van der Waals surface area contributed by atoms with Crippen molar-refractivity contribution in [2.45, 2.75) is 57.0 Å². The highest BCUT2D eigenvalue weighted by atomic mass is 15.1. The van der Waals surface area contributed by atoms with Crippen LogP contribution in [0, 0.1) is 0 Å². The Kier molecular flexibility index (Phi) is 3.74. The number of hydrogen-bond acceptors (Lipinski definition) is 4. The number of rotatable bonds is 3. The number of aromatic nitrogens is 2. The molecule has 0 spiro atoms. The highest BCUT2D eigenvalue weighted by molar-refractivity contribution is 5.34. The van der Waals surface area contributed by atoms with E-state index in [1.54, 1.807) is 0 Å². The summed E-state index contributed by atoms with van der Waals surface area (Å²) in [4.78, 5) is 9.04. The van der Waals surface area contributed by atoms with Gasteiger partial charge in [-0.15, -0.1) is 0 Å². The van der Waals surface area contributed by atoms with Crippen molar-refractivity contribution in [3.63, 3.8) is 0 Å². The molecule has 3 rings (SSSR count). The molecule has 1 aromatic rings. The zero-order valence-electron chi connectivity index (χ0n) is 10.9. The molecule has 2 heterocycles. The summed E-state index contributed by atoms with van der Waals surface area (Å²) in [5, 5.41) is 7.02. The van der Waals surface area contributed by atoms with Crippen LogP contribution < -0.4 is 10.6 Å². The summed E-state index contributed by atoms with van der Waals surface area (Å²) >= 11 is 0. The highest BCUT2D eigenvalue weighted by Gasteiger charge is 2.19. The Morgan fingerprint density at radius 1 is 1.06 bits per heavy atom. The lowest BCUT2D eigenvalue weighted by Crippen LogP contribution is -2.23. The fraction of sp³-hybridized carbons (Fsp3) is 0.714. The van der Waals surface area contributed by atoms with Gasteiger partial charge in [0.05, 0.1) is 24.1 Å². The molecule has 1 aliphatic carbocycles. The minimum atomic E-state index is 0.408. The first-order chi connectivity index (χ1) is 8.92. The zero-order chi connectivity index (χ0) is 12.2. The molecule has 1 aliphatic heterocycles. The predicted molar refractivity (Wildman–Crippen MR) is 72.5 cm³/mol. The molecule has 0 amide bonds. The Hall–Kier alpha value is -1.16. The van der Waals surface area contributed by atoms with Crippen molar-refractivity contribution in [1.82, 2.24) is 15.3 Å². The Bertz CT molecular complexity index is 381. The molecule has 2 N–H and O–H groups in total. The van der Waals surface area contributed by atoms with Gasteiger partial charge in [-0.2, -0.15) is 0 Å². The lowest BCUT2D eigenvalue weighted by Gasteiger charge is -2.23. The Labute approximate surface area is 109 Å². The van der Waals surface area contributed by atoms with Gasteiger partial charge in [-0.25, -0.2) is 4.98 Å². The quantitative estimate of drug-likeness (QED) is 0.861. The van der Waals surface area contributed by atoms with E-state index in [4.69, 9.17) is 4.98 Å². The first-order valence-electron chi connectivity index (χ1n) is 7.24. The molecule has 4 nitrogen and oxygen atoms in total. The normalized spacial score (nSPS) is 25.2. The third kappa shape index (κ3) is 2.80. The SMILES string of the molecule is c1ncc(C2CCCN2)nc1NC1CCCCC1. The summed E-state index contributed by atoms with van der Waals surface area (Å²) in [7, 11) is 0. The molecule has 1 aromatic heterocycles. The van der Waals surface area contributed by atoms with Crippen LogP contribution in [0.1, 0.15) is 56.7 Å².